The fourth-order valence-corrected chi connectivity index (χ4v) is 1.86. The van der Waals surface area contributed by atoms with Gasteiger partial charge in [-0.15, -0.1) is 0 Å². The molecule has 3 rings (SSSR count). The van der Waals surface area contributed by atoms with Crippen LogP contribution in [0, 0.1) is 5.82 Å². The highest BCUT2D eigenvalue weighted by molar-refractivity contribution is 5.58. The van der Waals surface area contributed by atoms with Crippen molar-refractivity contribution in [2.75, 3.05) is 5.32 Å². The molecule has 0 amide bonds. The second-order valence-electron chi connectivity index (χ2n) is 4.34. The number of anilines is 2. The smallest absolute Gasteiger partial charge is 0.227 e. The van der Waals surface area contributed by atoms with Crippen molar-refractivity contribution >= 4 is 11.6 Å². The van der Waals surface area contributed by atoms with Crippen LogP contribution in [0.1, 0.15) is 0 Å². The minimum Gasteiger partial charge on any atom is -0.360 e. The number of benzene rings is 1. The first kappa shape index (κ1) is 13.0. The average Bonchev–Trinajstić information content (AvgIpc) is 2.47. The van der Waals surface area contributed by atoms with Crippen molar-refractivity contribution in [2.24, 2.45) is 0 Å². The van der Waals surface area contributed by atoms with E-state index in [9.17, 15) is 9.18 Å². The van der Waals surface area contributed by atoms with Crippen molar-refractivity contribution in [3.63, 3.8) is 0 Å². The lowest BCUT2D eigenvalue weighted by Gasteiger charge is -2.06. The van der Waals surface area contributed by atoms with Gasteiger partial charge in [0.2, 0.25) is 5.95 Å². The predicted octanol–water partition coefficient (Wildman–Crippen LogP) is 2.71. The van der Waals surface area contributed by atoms with Crippen molar-refractivity contribution in [1.82, 2.24) is 15.0 Å². The standard InChI is InChI=1S/C15H11FN4O/c16-10-2-1-3-11(8-10)19-15-18-7-5-13(20-15)14-9-12(21)4-6-17-14/h1-9H,(H,17,21)(H,18,19,20). The van der Waals surface area contributed by atoms with Gasteiger partial charge < -0.3 is 10.3 Å². The summed E-state index contributed by atoms with van der Waals surface area (Å²) in [6.07, 6.45) is 3.12. The van der Waals surface area contributed by atoms with Gasteiger partial charge in [0.25, 0.3) is 0 Å². The summed E-state index contributed by atoms with van der Waals surface area (Å²) in [6, 6.07) is 10.6. The number of nitrogens with zero attached hydrogens (tertiary/aromatic N) is 2. The molecular weight excluding hydrogens is 271 g/mol. The highest BCUT2D eigenvalue weighted by Crippen LogP contribution is 2.17. The van der Waals surface area contributed by atoms with E-state index in [-0.39, 0.29) is 11.2 Å². The maximum absolute atomic E-state index is 13.1. The maximum Gasteiger partial charge on any atom is 0.227 e. The van der Waals surface area contributed by atoms with Gasteiger partial charge in [0.1, 0.15) is 5.82 Å². The molecule has 3 aromatic rings. The summed E-state index contributed by atoms with van der Waals surface area (Å²) in [7, 11) is 0. The normalized spacial score (nSPS) is 10.3. The molecule has 2 heterocycles. The van der Waals surface area contributed by atoms with Crippen LogP contribution in [-0.4, -0.2) is 15.0 Å². The molecule has 0 spiro atoms. The molecule has 6 heteroatoms. The molecule has 0 saturated carbocycles. The number of H-pyrrole nitrogens is 1. The van der Waals surface area contributed by atoms with E-state index in [2.05, 4.69) is 20.3 Å². The zero-order chi connectivity index (χ0) is 14.7. The largest absolute Gasteiger partial charge is 0.360 e. The Balaban J connectivity index is 1.91. The van der Waals surface area contributed by atoms with Gasteiger partial charge in [0.15, 0.2) is 5.43 Å². The van der Waals surface area contributed by atoms with Crippen LogP contribution in [0.5, 0.6) is 0 Å². The first-order chi connectivity index (χ1) is 10.2. The molecule has 2 aromatic heterocycles. The number of rotatable bonds is 3. The minimum absolute atomic E-state index is 0.109. The Kier molecular flexibility index (Phi) is 3.42. The number of pyridine rings is 1. The second kappa shape index (κ2) is 5.54. The third-order valence-electron chi connectivity index (χ3n) is 2.79. The van der Waals surface area contributed by atoms with Gasteiger partial charge in [0, 0.05) is 30.2 Å². The van der Waals surface area contributed by atoms with Crippen LogP contribution in [-0.2, 0) is 0 Å². The fourth-order valence-electron chi connectivity index (χ4n) is 1.86. The van der Waals surface area contributed by atoms with E-state index in [1.165, 1.54) is 24.3 Å². The number of hydrogen-bond acceptors (Lipinski definition) is 4. The van der Waals surface area contributed by atoms with Gasteiger partial charge in [-0.3, -0.25) is 4.79 Å². The molecule has 5 nitrogen and oxygen atoms in total. The number of nitrogens with one attached hydrogen (secondary N) is 2. The lowest BCUT2D eigenvalue weighted by atomic mass is 10.2. The molecule has 0 atom stereocenters. The van der Waals surface area contributed by atoms with Crippen LogP contribution in [0.3, 0.4) is 0 Å². The molecule has 1 aromatic carbocycles. The summed E-state index contributed by atoms with van der Waals surface area (Å²) in [6.45, 7) is 0. The molecule has 0 radical (unpaired) electrons. The molecule has 0 fully saturated rings. The summed E-state index contributed by atoms with van der Waals surface area (Å²) < 4.78 is 13.1. The van der Waals surface area contributed by atoms with Crippen molar-refractivity contribution in [3.05, 3.63) is 70.9 Å². The fraction of sp³-hybridized carbons (Fsp3) is 0. The summed E-state index contributed by atoms with van der Waals surface area (Å²) in [5.74, 6) is -0.0219. The van der Waals surface area contributed by atoms with Gasteiger partial charge in [0.05, 0.1) is 11.4 Å². The van der Waals surface area contributed by atoms with Gasteiger partial charge in [-0.1, -0.05) is 6.07 Å². The molecule has 0 aliphatic heterocycles. The number of halogens is 1. The molecule has 0 aliphatic rings. The molecule has 0 saturated heterocycles. The molecule has 21 heavy (non-hydrogen) atoms. The third-order valence-corrected chi connectivity index (χ3v) is 2.79. The first-order valence-electron chi connectivity index (χ1n) is 6.25. The van der Waals surface area contributed by atoms with Crippen LogP contribution < -0.4 is 10.7 Å². The summed E-state index contributed by atoms with van der Waals surface area (Å²) in [4.78, 5) is 22.7. The molecule has 2 N–H and O–H groups in total. The zero-order valence-corrected chi connectivity index (χ0v) is 10.9. The van der Waals surface area contributed by atoms with Crippen LogP contribution in [0.4, 0.5) is 16.0 Å². The lowest BCUT2D eigenvalue weighted by molar-refractivity contribution is 0.628. The second-order valence-corrected chi connectivity index (χ2v) is 4.34. The number of aromatic nitrogens is 3. The summed E-state index contributed by atoms with van der Waals surface area (Å²) in [5, 5.41) is 2.92. The van der Waals surface area contributed by atoms with Crippen molar-refractivity contribution in [3.8, 4) is 11.4 Å². The molecule has 104 valence electrons. The van der Waals surface area contributed by atoms with Gasteiger partial charge >= 0.3 is 0 Å². The van der Waals surface area contributed by atoms with E-state index < -0.39 is 0 Å². The van der Waals surface area contributed by atoms with Crippen LogP contribution in [0.15, 0.2) is 59.7 Å². The van der Waals surface area contributed by atoms with Crippen molar-refractivity contribution < 1.29 is 4.39 Å². The Bertz CT molecular complexity index is 831. The van der Waals surface area contributed by atoms with Crippen LogP contribution in [0.2, 0.25) is 0 Å². The average molecular weight is 282 g/mol. The van der Waals surface area contributed by atoms with E-state index in [1.54, 1.807) is 30.6 Å². The summed E-state index contributed by atoms with van der Waals surface area (Å²) >= 11 is 0. The van der Waals surface area contributed by atoms with Crippen LogP contribution >= 0.6 is 0 Å². The molecule has 0 aliphatic carbocycles. The van der Waals surface area contributed by atoms with Crippen LogP contribution in [0.25, 0.3) is 11.4 Å². The SMILES string of the molecule is O=c1cc[nH]c(-c2ccnc(Nc3cccc(F)c3)n2)c1. The van der Waals surface area contributed by atoms with Gasteiger partial charge in [-0.25, -0.2) is 14.4 Å². The Morgan fingerprint density at radius 1 is 1.14 bits per heavy atom. The van der Waals surface area contributed by atoms with E-state index in [0.29, 0.717) is 23.0 Å². The van der Waals surface area contributed by atoms with Crippen molar-refractivity contribution in [1.29, 1.82) is 0 Å². The van der Waals surface area contributed by atoms with Gasteiger partial charge in [-0.2, -0.15) is 0 Å². The zero-order valence-electron chi connectivity index (χ0n) is 10.9. The monoisotopic (exact) mass is 282 g/mol. The van der Waals surface area contributed by atoms with E-state index in [4.69, 9.17) is 0 Å². The van der Waals surface area contributed by atoms with E-state index in [1.807, 2.05) is 0 Å². The molecular formula is C15H11FN4O. The Morgan fingerprint density at radius 2 is 2.05 bits per heavy atom. The Morgan fingerprint density at radius 3 is 2.86 bits per heavy atom. The number of aromatic amines is 1. The first-order valence-corrected chi connectivity index (χ1v) is 6.25. The lowest BCUT2D eigenvalue weighted by Crippen LogP contribution is -2.01. The summed E-state index contributed by atoms with van der Waals surface area (Å²) in [5.41, 5.74) is 1.60. The number of hydrogen-bond donors (Lipinski definition) is 2. The highest BCUT2D eigenvalue weighted by atomic mass is 19.1. The Hall–Kier alpha value is -3.02. The minimum atomic E-state index is -0.344. The van der Waals surface area contributed by atoms with Gasteiger partial charge in [-0.05, 0) is 24.3 Å². The quantitative estimate of drug-likeness (QED) is 0.775. The maximum atomic E-state index is 13.1. The predicted molar refractivity (Wildman–Crippen MR) is 77.8 cm³/mol. The Labute approximate surface area is 119 Å². The molecule has 0 unspecified atom stereocenters. The topological polar surface area (TPSA) is 70.7 Å². The third kappa shape index (κ3) is 3.11. The highest BCUT2D eigenvalue weighted by Gasteiger charge is 2.04. The van der Waals surface area contributed by atoms with Crippen molar-refractivity contribution in [2.45, 2.75) is 0 Å². The molecule has 0 bridgehead atoms. The van der Waals surface area contributed by atoms with E-state index >= 15 is 0 Å². The van der Waals surface area contributed by atoms with E-state index in [0.717, 1.165) is 0 Å².